The average molecular weight is 305 g/mol. The quantitative estimate of drug-likeness (QED) is 0.838. The van der Waals surface area contributed by atoms with Crippen LogP contribution in [0.15, 0.2) is 24.3 Å². The molecule has 2 atom stereocenters. The molecule has 0 spiro atoms. The molecule has 0 fully saturated rings. The third-order valence-electron chi connectivity index (χ3n) is 2.90. The van der Waals surface area contributed by atoms with Crippen molar-refractivity contribution in [2.75, 3.05) is 14.1 Å². The van der Waals surface area contributed by atoms with E-state index in [9.17, 15) is 18.0 Å². The van der Waals surface area contributed by atoms with E-state index in [2.05, 4.69) is 0 Å². The number of hydrogen-bond donors (Lipinski definition) is 0. The fourth-order valence-corrected chi connectivity index (χ4v) is 3.00. The normalized spacial score (nSPS) is 14.8. The van der Waals surface area contributed by atoms with Crippen LogP contribution in [0.25, 0.3) is 0 Å². The van der Waals surface area contributed by atoms with E-state index < -0.39 is 11.7 Å². The number of nitrogens with zero attached hydrogens (tertiary/aromatic N) is 1. The van der Waals surface area contributed by atoms with Crippen LogP contribution in [0.3, 0.4) is 0 Å². The van der Waals surface area contributed by atoms with Crippen molar-refractivity contribution in [1.29, 1.82) is 0 Å². The van der Waals surface area contributed by atoms with Gasteiger partial charge < -0.3 is 4.90 Å². The first-order valence-electron chi connectivity index (χ1n) is 6.16. The van der Waals surface area contributed by atoms with E-state index in [0.717, 1.165) is 17.7 Å². The van der Waals surface area contributed by atoms with Gasteiger partial charge in [0.25, 0.3) is 0 Å². The number of alkyl halides is 3. The monoisotopic (exact) mass is 305 g/mol. The molecule has 0 unspecified atom stereocenters. The highest BCUT2D eigenvalue weighted by Gasteiger charge is 2.30. The van der Waals surface area contributed by atoms with Gasteiger partial charge in [0.05, 0.1) is 10.8 Å². The maximum atomic E-state index is 12.5. The van der Waals surface area contributed by atoms with Gasteiger partial charge in [-0.3, -0.25) is 4.79 Å². The summed E-state index contributed by atoms with van der Waals surface area (Å²) in [4.78, 5) is 13.3. The standard InChI is InChI=1S/C14H18F3NOS/c1-9(20-10(2)13(19)18(3)4)11-5-7-12(8-6-11)14(15,16)17/h5-10H,1-4H3/t9-,10-/m0/s1. The van der Waals surface area contributed by atoms with Crippen LogP contribution in [0.1, 0.15) is 30.2 Å². The maximum Gasteiger partial charge on any atom is 0.416 e. The molecule has 0 N–H and O–H groups in total. The van der Waals surface area contributed by atoms with Crippen molar-refractivity contribution in [2.45, 2.75) is 30.5 Å². The van der Waals surface area contributed by atoms with Crippen LogP contribution in [0.4, 0.5) is 13.2 Å². The van der Waals surface area contributed by atoms with Crippen molar-refractivity contribution < 1.29 is 18.0 Å². The van der Waals surface area contributed by atoms with Crippen LogP contribution >= 0.6 is 11.8 Å². The van der Waals surface area contributed by atoms with Gasteiger partial charge in [0.15, 0.2) is 0 Å². The highest BCUT2D eigenvalue weighted by molar-refractivity contribution is 8.00. The molecule has 1 aromatic rings. The van der Waals surface area contributed by atoms with Gasteiger partial charge in [-0.25, -0.2) is 0 Å². The van der Waals surface area contributed by atoms with Crippen molar-refractivity contribution in [3.05, 3.63) is 35.4 Å². The molecule has 0 saturated heterocycles. The second kappa shape index (κ2) is 6.52. The lowest BCUT2D eigenvalue weighted by Crippen LogP contribution is -2.30. The van der Waals surface area contributed by atoms with Gasteiger partial charge in [-0.2, -0.15) is 13.2 Å². The summed E-state index contributed by atoms with van der Waals surface area (Å²) in [5.74, 6) is -0.00578. The van der Waals surface area contributed by atoms with Gasteiger partial charge in [0.1, 0.15) is 0 Å². The van der Waals surface area contributed by atoms with Crippen LogP contribution in [0.2, 0.25) is 0 Å². The Hall–Kier alpha value is -1.17. The van der Waals surface area contributed by atoms with E-state index in [4.69, 9.17) is 0 Å². The molecule has 0 bridgehead atoms. The number of rotatable bonds is 4. The summed E-state index contributed by atoms with van der Waals surface area (Å²) in [6.45, 7) is 3.68. The second-order valence-electron chi connectivity index (χ2n) is 4.77. The number of carbonyl (C=O) groups excluding carboxylic acids is 1. The molecule has 6 heteroatoms. The Kier molecular flexibility index (Phi) is 5.50. The molecule has 0 aliphatic heterocycles. The lowest BCUT2D eigenvalue weighted by molar-refractivity contribution is -0.137. The zero-order chi connectivity index (χ0) is 15.5. The Labute approximate surface area is 121 Å². The Morgan fingerprint density at radius 3 is 2.05 bits per heavy atom. The first-order chi connectivity index (χ1) is 9.12. The summed E-state index contributed by atoms with van der Waals surface area (Å²) in [6, 6.07) is 5.08. The third kappa shape index (κ3) is 4.44. The number of benzene rings is 1. The van der Waals surface area contributed by atoms with Crippen LogP contribution in [-0.4, -0.2) is 30.2 Å². The number of carbonyl (C=O) groups is 1. The minimum Gasteiger partial charge on any atom is -0.348 e. The molecule has 0 heterocycles. The minimum absolute atomic E-state index is 0.00578. The number of amides is 1. The second-order valence-corrected chi connectivity index (χ2v) is 6.46. The molecule has 0 aromatic heterocycles. The van der Waals surface area contributed by atoms with E-state index in [1.807, 2.05) is 6.92 Å². The summed E-state index contributed by atoms with van der Waals surface area (Å²) < 4.78 is 37.4. The minimum atomic E-state index is -4.32. The summed E-state index contributed by atoms with van der Waals surface area (Å²) in [6.07, 6.45) is -4.32. The lowest BCUT2D eigenvalue weighted by atomic mass is 10.1. The lowest BCUT2D eigenvalue weighted by Gasteiger charge is -2.20. The largest absolute Gasteiger partial charge is 0.416 e. The smallest absolute Gasteiger partial charge is 0.348 e. The van der Waals surface area contributed by atoms with Crippen LogP contribution in [-0.2, 0) is 11.0 Å². The number of thioether (sulfide) groups is 1. The van der Waals surface area contributed by atoms with Crippen molar-refractivity contribution in [3.63, 3.8) is 0 Å². The van der Waals surface area contributed by atoms with Crippen molar-refractivity contribution in [2.24, 2.45) is 0 Å². The highest BCUT2D eigenvalue weighted by Crippen LogP contribution is 2.34. The molecular weight excluding hydrogens is 287 g/mol. The molecule has 1 rings (SSSR count). The van der Waals surface area contributed by atoms with E-state index >= 15 is 0 Å². The van der Waals surface area contributed by atoms with Crippen LogP contribution < -0.4 is 0 Å². The Balaban J connectivity index is 2.73. The molecule has 0 aliphatic carbocycles. The first-order valence-corrected chi connectivity index (χ1v) is 7.11. The zero-order valence-corrected chi connectivity index (χ0v) is 12.7. The molecular formula is C14H18F3NOS. The van der Waals surface area contributed by atoms with Gasteiger partial charge in [-0.15, -0.1) is 11.8 Å². The average Bonchev–Trinajstić information content (AvgIpc) is 2.36. The zero-order valence-electron chi connectivity index (χ0n) is 11.9. The van der Waals surface area contributed by atoms with Crippen LogP contribution in [0.5, 0.6) is 0 Å². The molecule has 2 nitrogen and oxygen atoms in total. The third-order valence-corrected chi connectivity index (χ3v) is 4.19. The SMILES string of the molecule is C[C@H](S[C@@H](C)c1ccc(C(F)(F)F)cc1)C(=O)N(C)C. The Morgan fingerprint density at radius 1 is 1.15 bits per heavy atom. The van der Waals surface area contributed by atoms with Crippen molar-refractivity contribution in [1.82, 2.24) is 4.90 Å². The number of halogens is 3. The summed E-state index contributed by atoms with van der Waals surface area (Å²) in [7, 11) is 3.37. The predicted octanol–water partition coefficient (Wildman–Crippen LogP) is 3.98. The maximum absolute atomic E-state index is 12.5. The molecule has 0 saturated carbocycles. The van der Waals surface area contributed by atoms with E-state index in [0.29, 0.717) is 0 Å². The van der Waals surface area contributed by atoms with E-state index in [1.54, 1.807) is 21.0 Å². The summed E-state index contributed by atoms with van der Waals surface area (Å²) in [5.41, 5.74) is 0.122. The van der Waals surface area contributed by atoms with Gasteiger partial charge in [-0.05, 0) is 31.5 Å². The van der Waals surface area contributed by atoms with Crippen molar-refractivity contribution >= 4 is 17.7 Å². The Morgan fingerprint density at radius 2 is 1.65 bits per heavy atom. The molecule has 1 aromatic carbocycles. The first kappa shape index (κ1) is 16.9. The van der Waals surface area contributed by atoms with Crippen LogP contribution in [0, 0.1) is 0 Å². The molecule has 112 valence electrons. The van der Waals surface area contributed by atoms with E-state index in [-0.39, 0.29) is 16.4 Å². The highest BCUT2D eigenvalue weighted by atomic mass is 32.2. The fraction of sp³-hybridized carbons (Fsp3) is 0.500. The van der Waals surface area contributed by atoms with Gasteiger partial charge >= 0.3 is 6.18 Å². The molecule has 1 amide bonds. The summed E-state index contributed by atoms with van der Waals surface area (Å²) in [5, 5.41) is -0.279. The topological polar surface area (TPSA) is 20.3 Å². The van der Waals surface area contributed by atoms with Gasteiger partial charge in [-0.1, -0.05) is 12.1 Å². The predicted molar refractivity (Wildman–Crippen MR) is 75.6 cm³/mol. The molecule has 20 heavy (non-hydrogen) atoms. The van der Waals surface area contributed by atoms with E-state index in [1.165, 1.54) is 28.8 Å². The molecule has 0 aliphatic rings. The Bertz CT molecular complexity index is 456. The fourth-order valence-electron chi connectivity index (χ4n) is 1.75. The summed E-state index contributed by atoms with van der Waals surface area (Å²) >= 11 is 1.43. The number of hydrogen-bond acceptors (Lipinski definition) is 2. The van der Waals surface area contributed by atoms with Gasteiger partial charge in [0.2, 0.25) is 5.91 Å². The van der Waals surface area contributed by atoms with Gasteiger partial charge in [0, 0.05) is 19.3 Å². The van der Waals surface area contributed by atoms with Crippen molar-refractivity contribution in [3.8, 4) is 0 Å². The molecule has 0 radical (unpaired) electrons.